The summed E-state index contributed by atoms with van der Waals surface area (Å²) in [5, 5.41) is 3.18. The van der Waals surface area contributed by atoms with Crippen LogP contribution in [0.2, 0.25) is 0 Å². The van der Waals surface area contributed by atoms with Crippen LogP contribution in [0.5, 0.6) is 5.75 Å². The van der Waals surface area contributed by atoms with Gasteiger partial charge in [-0.25, -0.2) is 0 Å². The van der Waals surface area contributed by atoms with Crippen molar-refractivity contribution in [3.63, 3.8) is 0 Å². The van der Waals surface area contributed by atoms with E-state index in [1.807, 2.05) is 0 Å². The summed E-state index contributed by atoms with van der Waals surface area (Å²) >= 11 is 0. The predicted molar refractivity (Wildman–Crippen MR) is 98.0 cm³/mol. The lowest BCUT2D eigenvalue weighted by Gasteiger charge is -2.30. The van der Waals surface area contributed by atoms with Crippen molar-refractivity contribution in [3.05, 3.63) is 29.3 Å². The summed E-state index contributed by atoms with van der Waals surface area (Å²) in [7, 11) is 1.74. The van der Waals surface area contributed by atoms with Crippen molar-refractivity contribution in [2.45, 2.75) is 39.3 Å². The van der Waals surface area contributed by atoms with Crippen molar-refractivity contribution in [1.29, 1.82) is 0 Å². The molecule has 0 spiro atoms. The first-order valence-electron chi connectivity index (χ1n) is 9.65. The van der Waals surface area contributed by atoms with Crippen molar-refractivity contribution in [2.75, 3.05) is 39.8 Å². The minimum atomic E-state index is 0.221. The molecule has 1 saturated carbocycles. The fraction of sp³-hybridized carbons (Fsp3) is 0.650. The third-order valence-corrected chi connectivity index (χ3v) is 5.67. The van der Waals surface area contributed by atoms with E-state index in [1.165, 1.54) is 28.9 Å². The Morgan fingerprint density at radius 3 is 2.56 bits per heavy atom. The lowest BCUT2D eigenvalue weighted by atomic mass is 10.1. The van der Waals surface area contributed by atoms with Crippen molar-refractivity contribution < 1.29 is 19.3 Å². The van der Waals surface area contributed by atoms with E-state index in [0.29, 0.717) is 12.6 Å². The summed E-state index contributed by atoms with van der Waals surface area (Å²) in [6, 6.07) is 6.75. The van der Waals surface area contributed by atoms with E-state index in [0.717, 1.165) is 44.4 Å². The maximum Gasteiger partial charge on any atom is 0.275 e. The van der Waals surface area contributed by atoms with E-state index in [2.05, 4.69) is 37.4 Å². The van der Waals surface area contributed by atoms with Crippen molar-refractivity contribution in [1.82, 2.24) is 5.32 Å². The van der Waals surface area contributed by atoms with Gasteiger partial charge in [-0.2, -0.15) is 0 Å². The first-order valence-corrected chi connectivity index (χ1v) is 9.65. The molecule has 0 aromatic heterocycles. The third kappa shape index (κ3) is 5.19. The van der Waals surface area contributed by atoms with Gasteiger partial charge in [-0.3, -0.25) is 4.79 Å². The molecule has 0 bridgehead atoms. The molecule has 1 heterocycles. The smallest absolute Gasteiger partial charge is 0.275 e. The summed E-state index contributed by atoms with van der Waals surface area (Å²) < 4.78 is 5.51. The maximum absolute atomic E-state index is 12.2. The van der Waals surface area contributed by atoms with Gasteiger partial charge in [0.05, 0.1) is 7.11 Å². The highest BCUT2D eigenvalue weighted by Gasteiger charge is 2.30. The highest BCUT2D eigenvalue weighted by atomic mass is 16.5. The Balaban J connectivity index is 1.44. The molecular weight excluding hydrogens is 314 g/mol. The largest absolute Gasteiger partial charge is 0.496 e. The number of amides is 1. The van der Waals surface area contributed by atoms with Crippen LogP contribution >= 0.6 is 0 Å². The van der Waals surface area contributed by atoms with Crippen LogP contribution < -0.4 is 19.9 Å². The summed E-state index contributed by atoms with van der Waals surface area (Å²) in [5.41, 5.74) is 2.57. The average molecular weight is 348 g/mol. The van der Waals surface area contributed by atoms with Gasteiger partial charge in [0.1, 0.15) is 38.5 Å². The topological polar surface area (TPSA) is 47.2 Å². The summed E-state index contributed by atoms with van der Waals surface area (Å²) in [5.74, 6) is 1.93. The molecule has 3 N–H and O–H groups in total. The molecule has 3 rings (SSSR count). The number of hydrogen-bond donors (Lipinski definition) is 3. The predicted octanol–water partition coefficient (Wildman–Crippen LogP) is -0.798. The fourth-order valence-electron chi connectivity index (χ4n) is 3.87. The molecule has 2 aliphatic rings. The van der Waals surface area contributed by atoms with E-state index in [9.17, 15) is 4.79 Å². The number of carbonyl (C=O) groups is 1. The molecule has 0 radical (unpaired) electrons. The highest BCUT2D eigenvalue weighted by molar-refractivity contribution is 5.77. The molecule has 1 amide bonds. The van der Waals surface area contributed by atoms with Crippen LogP contribution in [0.3, 0.4) is 0 Å². The van der Waals surface area contributed by atoms with Crippen molar-refractivity contribution >= 4 is 5.91 Å². The monoisotopic (exact) mass is 347 g/mol. The lowest BCUT2D eigenvalue weighted by Crippen LogP contribution is -3.28. The average Bonchev–Trinajstić information content (AvgIpc) is 3.42. The molecule has 0 unspecified atom stereocenters. The molecule has 1 aromatic rings. The molecule has 1 aliphatic heterocycles. The van der Waals surface area contributed by atoms with Crippen LogP contribution in [0.4, 0.5) is 0 Å². The minimum Gasteiger partial charge on any atom is -0.496 e. The summed E-state index contributed by atoms with van der Waals surface area (Å²) in [6.45, 7) is 10.2. The maximum atomic E-state index is 12.2. The summed E-state index contributed by atoms with van der Waals surface area (Å²) in [4.78, 5) is 15.2. The molecule has 5 heteroatoms. The summed E-state index contributed by atoms with van der Waals surface area (Å²) in [6.07, 6.45) is 2.55. The first-order chi connectivity index (χ1) is 12.0. The Morgan fingerprint density at radius 2 is 1.92 bits per heavy atom. The van der Waals surface area contributed by atoms with Crippen molar-refractivity contribution in [2.24, 2.45) is 5.92 Å². The van der Waals surface area contributed by atoms with Gasteiger partial charge in [-0.1, -0.05) is 11.6 Å². The lowest BCUT2D eigenvalue weighted by molar-refractivity contribution is -1.02. The second-order valence-corrected chi connectivity index (χ2v) is 7.86. The molecule has 25 heavy (non-hydrogen) atoms. The Labute approximate surface area is 151 Å². The van der Waals surface area contributed by atoms with Crippen LogP contribution in [-0.2, 0) is 11.3 Å². The number of rotatable bonds is 7. The number of ether oxygens (including phenoxy) is 1. The normalized spacial score (nSPS) is 24.6. The Bertz CT molecular complexity index is 593. The molecule has 2 fully saturated rings. The van der Waals surface area contributed by atoms with Gasteiger partial charge in [0.25, 0.3) is 5.91 Å². The van der Waals surface area contributed by atoms with Crippen LogP contribution in [0, 0.1) is 12.8 Å². The van der Waals surface area contributed by atoms with Crippen LogP contribution in [-0.4, -0.2) is 51.8 Å². The SMILES string of the molecule is COc1ccc(C)cc1C[NH+]1CC[NH+](CC(=O)N[C@@H](C)C2CC2)CC1. The van der Waals surface area contributed by atoms with Gasteiger partial charge < -0.3 is 19.9 Å². The van der Waals surface area contributed by atoms with Crippen LogP contribution in [0.25, 0.3) is 0 Å². The van der Waals surface area contributed by atoms with E-state index in [4.69, 9.17) is 4.74 Å². The second kappa shape index (κ2) is 8.19. The Kier molecular flexibility index (Phi) is 5.97. The molecule has 1 aromatic carbocycles. The van der Waals surface area contributed by atoms with E-state index < -0.39 is 0 Å². The second-order valence-electron chi connectivity index (χ2n) is 7.86. The zero-order valence-electron chi connectivity index (χ0n) is 15.9. The van der Waals surface area contributed by atoms with Gasteiger partial charge in [0.2, 0.25) is 0 Å². The fourth-order valence-corrected chi connectivity index (χ4v) is 3.87. The molecule has 1 saturated heterocycles. The van der Waals surface area contributed by atoms with Gasteiger partial charge in [0, 0.05) is 11.6 Å². The van der Waals surface area contributed by atoms with Crippen molar-refractivity contribution in [3.8, 4) is 5.75 Å². The van der Waals surface area contributed by atoms with Gasteiger partial charge in [-0.15, -0.1) is 0 Å². The van der Waals surface area contributed by atoms with E-state index in [1.54, 1.807) is 12.0 Å². The van der Waals surface area contributed by atoms with E-state index >= 15 is 0 Å². The van der Waals surface area contributed by atoms with Crippen LogP contribution in [0.1, 0.15) is 30.9 Å². The number of aryl methyl sites for hydroxylation is 1. The standard InChI is InChI=1S/C20H31N3O2/c1-15-4-7-19(25-3)18(12-15)13-22-8-10-23(11-9-22)14-20(24)21-16(2)17-5-6-17/h4,7,12,16-17H,5-6,8-11,13-14H2,1-3H3,(H,21,24)/p+2/t16-/m0/s1. The number of nitrogens with one attached hydrogen (secondary N) is 3. The molecule has 138 valence electrons. The first kappa shape index (κ1) is 18.2. The highest BCUT2D eigenvalue weighted by Crippen LogP contribution is 2.32. The van der Waals surface area contributed by atoms with Gasteiger partial charge in [-0.05, 0) is 44.7 Å². The van der Waals surface area contributed by atoms with Gasteiger partial charge >= 0.3 is 0 Å². The molecule has 5 nitrogen and oxygen atoms in total. The number of benzene rings is 1. The number of methoxy groups -OCH3 is 1. The number of hydrogen-bond acceptors (Lipinski definition) is 2. The number of quaternary nitrogens is 2. The minimum absolute atomic E-state index is 0.221. The number of carbonyl (C=O) groups excluding carboxylic acids is 1. The number of piperazine rings is 1. The zero-order chi connectivity index (χ0) is 17.8. The molecule has 1 atom stereocenters. The Hall–Kier alpha value is -1.59. The molecule has 1 aliphatic carbocycles. The molecular formula is C20H33N3O2+2. The van der Waals surface area contributed by atoms with E-state index in [-0.39, 0.29) is 5.91 Å². The van der Waals surface area contributed by atoms with Crippen LogP contribution in [0.15, 0.2) is 18.2 Å². The quantitative estimate of drug-likeness (QED) is 0.605. The Morgan fingerprint density at radius 1 is 1.24 bits per heavy atom. The zero-order valence-corrected chi connectivity index (χ0v) is 15.9. The van der Waals surface area contributed by atoms with Gasteiger partial charge in [0.15, 0.2) is 6.54 Å². The third-order valence-electron chi connectivity index (χ3n) is 5.67.